The Bertz CT molecular complexity index is 570. The minimum atomic E-state index is 0.380. The van der Waals surface area contributed by atoms with E-state index in [2.05, 4.69) is 31.7 Å². The molecule has 3 heterocycles. The highest BCUT2D eigenvalue weighted by Gasteiger charge is 2.20. The average molecular weight is 282 g/mol. The van der Waals surface area contributed by atoms with E-state index in [1.807, 2.05) is 11.3 Å². The summed E-state index contributed by atoms with van der Waals surface area (Å²) in [6.07, 6.45) is 2.60. The largest absolute Gasteiger partial charge is 0.350 e. The molecule has 3 rings (SSSR count). The molecule has 0 atom stereocenters. The fraction of sp³-hybridized carbons (Fsp3) is 0.273. The van der Waals surface area contributed by atoms with Gasteiger partial charge in [-0.15, -0.1) is 11.3 Å². The molecule has 0 fully saturated rings. The van der Waals surface area contributed by atoms with E-state index >= 15 is 0 Å². The molecule has 94 valence electrons. The summed E-state index contributed by atoms with van der Waals surface area (Å²) in [6, 6.07) is 2.16. The van der Waals surface area contributed by atoms with Crippen LogP contribution >= 0.6 is 22.9 Å². The zero-order chi connectivity index (χ0) is 12.5. The highest BCUT2D eigenvalue weighted by Crippen LogP contribution is 2.30. The minimum absolute atomic E-state index is 0.380. The van der Waals surface area contributed by atoms with Gasteiger partial charge in [-0.25, -0.2) is 10.8 Å². The fourth-order valence-corrected chi connectivity index (χ4v) is 3.18. The SMILES string of the molecule is NNc1ncc(Cl)c(N2CCc3sccc3C2)n1. The zero-order valence-electron chi connectivity index (χ0n) is 9.56. The van der Waals surface area contributed by atoms with Crippen LogP contribution in [0.4, 0.5) is 11.8 Å². The van der Waals surface area contributed by atoms with Crippen LogP contribution in [0.1, 0.15) is 10.4 Å². The summed E-state index contributed by atoms with van der Waals surface area (Å²) in [4.78, 5) is 11.9. The van der Waals surface area contributed by atoms with Crippen LogP contribution in [0.25, 0.3) is 0 Å². The number of fused-ring (bicyclic) bond motifs is 1. The molecule has 0 radical (unpaired) electrons. The number of hydrogen-bond donors (Lipinski definition) is 2. The Balaban J connectivity index is 1.92. The lowest BCUT2D eigenvalue weighted by molar-refractivity contribution is 0.731. The van der Waals surface area contributed by atoms with Crippen molar-refractivity contribution in [3.63, 3.8) is 0 Å². The van der Waals surface area contributed by atoms with Crippen LogP contribution in [0, 0.1) is 0 Å². The van der Waals surface area contributed by atoms with E-state index in [0.717, 1.165) is 25.3 Å². The summed E-state index contributed by atoms with van der Waals surface area (Å²) in [5.74, 6) is 6.44. The molecule has 0 unspecified atom stereocenters. The molecule has 1 aliphatic heterocycles. The van der Waals surface area contributed by atoms with Gasteiger partial charge in [0.05, 0.1) is 6.20 Å². The number of hydrogen-bond acceptors (Lipinski definition) is 6. The number of hydrazine groups is 1. The van der Waals surface area contributed by atoms with Gasteiger partial charge in [0.2, 0.25) is 5.95 Å². The summed E-state index contributed by atoms with van der Waals surface area (Å²) in [7, 11) is 0. The van der Waals surface area contributed by atoms with Crippen molar-refractivity contribution >= 4 is 34.7 Å². The van der Waals surface area contributed by atoms with Crippen LogP contribution in [0.15, 0.2) is 17.6 Å². The molecule has 5 nitrogen and oxygen atoms in total. The average Bonchev–Trinajstić information content (AvgIpc) is 2.86. The minimum Gasteiger partial charge on any atom is -0.350 e. The molecule has 0 aliphatic carbocycles. The smallest absolute Gasteiger partial charge is 0.239 e. The van der Waals surface area contributed by atoms with Gasteiger partial charge in [0.25, 0.3) is 0 Å². The second-order valence-electron chi connectivity index (χ2n) is 4.05. The monoisotopic (exact) mass is 281 g/mol. The number of aromatic nitrogens is 2. The summed E-state index contributed by atoms with van der Waals surface area (Å²) in [6.45, 7) is 1.74. The topological polar surface area (TPSA) is 67.1 Å². The molecule has 0 saturated heterocycles. The molecule has 7 heteroatoms. The second-order valence-corrected chi connectivity index (χ2v) is 5.46. The van der Waals surface area contributed by atoms with Gasteiger partial charge in [0, 0.05) is 18.0 Å². The van der Waals surface area contributed by atoms with Crippen molar-refractivity contribution in [1.29, 1.82) is 0 Å². The number of nitrogens with one attached hydrogen (secondary N) is 1. The van der Waals surface area contributed by atoms with Gasteiger partial charge >= 0.3 is 0 Å². The number of nitrogens with two attached hydrogens (primary N) is 1. The molecule has 2 aromatic heterocycles. The molecule has 2 aromatic rings. The van der Waals surface area contributed by atoms with Gasteiger partial charge in [-0.05, 0) is 23.4 Å². The third-order valence-electron chi connectivity index (χ3n) is 2.96. The molecule has 0 aromatic carbocycles. The molecule has 0 bridgehead atoms. The van der Waals surface area contributed by atoms with Gasteiger partial charge in [0.15, 0.2) is 5.82 Å². The van der Waals surface area contributed by atoms with Crippen LogP contribution in [0.3, 0.4) is 0 Å². The lowest BCUT2D eigenvalue weighted by atomic mass is 10.1. The van der Waals surface area contributed by atoms with Crippen LogP contribution < -0.4 is 16.2 Å². The highest BCUT2D eigenvalue weighted by molar-refractivity contribution is 7.10. The summed E-state index contributed by atoms with van der Waals surface area (Å²) >= 11 is 7.96. The normalized spacial score (nSPS) is 14.4. The van der Waals surface area contributed by atoms with Crippen LogP contribution in [-0.4, -0.2) is 16.5 Å². The van der Waals surface area contributed by atoms with Gasteiger partial charge in [-0.1, -0.05) is 11.6 Å². The molecular weight excluding hydrogens is 270 g/mol. The maximum Gasteiger partial charge on any atom is 0.239 e. The van der Waals surface area contributed by atoms with Gasteiger partial charge < -0.3 is 4.90 Å². The van der Waals surface area contributed by atoms with Gasteiger partial charge in [-0.3, -0.25) is 5.43 Å². The van der Waals surface area contributed by atoms with E-state index in [-0.39, 0.29) is 0 Å². The zero-order valence-corrected chi connectivity index (χ0v) is 11.1. The molecular formula is C11H12ClN5S. The van der Waals surface area contributed by atoms with Crippen molar-refractivity contribution in [2.75, 3.05) is 16.9 Å². The van der Waals surface area contributed by atoms with Crippen LogP contribution in [-0.2, 0) is 13.0 Å². The summed E-state index contributed by atoms with van der Waals surface area (Å²) in [5.41, 5.74) is 3.79. The first-order chi connectivity index (χ1) is 8.78. The van der Waals surface area contributed by atoms with Gasteiger partial charge in [0.1, 0.15) is 5.02 Å². The Morgan fingerprint density at radius 3 is 3.22 bits per heavy atom. The van der Waals surface area contributed by atoms with Crippen molar-refractivity contribution < 1.29 is 0 Å². The Labute approximate surface area is 114 Å². The standard InChI is InChI=1S/C11H12ClN5S/c12-8-5-14-11(16-13)15-10(8)17-3-1-9-7(6-17)2-4-18-9/h2,4-5H,1,3,6,13H2,(H,14,15,16). The van der Waals surface area contributed by atoms with Crippen molar-refractivity contribution in [2.24, 2.45) is 5.84 Å². The predicted molar refractivity (Wildman–Crippen MR) is 73.9 cm³/mol. The van der Waals surface area contributed by atoms with E-state index in [4.69, 9.17) is 17.4 Å². The second kappa shape index (κ2) is 4.72. The first-order valence-corrected chi connectivity index (χ1v) is 6.83. The van der Waals surface area contributed by atoms with Crippen molar-refractivity contribution in [3.8, 4) is 0 Å². The molecule has 0 amide bonds. The number of halogens is 1. The summed E-state index contributed by atoms with van der Waals surface area (Å²) < 4.78 is 0. The van der Waals surface area contributed by atoms with Crippen LogP contribution in [0.5, 0.6) is 0 Å². The number of thiophene rings is 1. The predicted octanol–water partition coefficient (Wildman–Crippen LogP) is 2.04. The third kappa shape index (κ3) is 2.03. The summed E-state index contributed by atoms with van der Waals surface area (Å²) in [5, 5.41) is 2.68. The Morgan fingerprint density at radius 1 is 1.50 bits per heavy atom. The van der Waals surface area contributed by atoms with E-state index in [0.29, 0.717) is 11.0 Å². The van der Waals surface area contributed by atoms with Crippen LogP contribution in [0.2, 0.25) is 5.02 Å². The maximum absolute atomic E-state index is 6.15. The first kappa shape index (κ1) is 11.7. The van der Waals surface area contributed by atoms with E-state index in [1.54, 1.807) is 6.20 Å². The van der Waals surface area contributed by atoms with E-state index in [9.17, 15) is 0 Å². The lowest BCUT2D eigenvalue weighted by Gasteiger charge is -2.28. The molecule has 18 heavy (non-hydrogen) atoms. The quantitative estimate of drug-likeness (QED) is 0.651. The van der Waals surface area contributed by atoms with E-state index in [1.165, 1.54) is 10.4 Å². The molecule has 0 saturated carbocycles. The highest BCUT2D eigenvalue weighted by atomic mass is 35.5. The Morgan fingerprint density at radius 2 is 2.39 bits per heavy atom. The lowest BCUT2D eigenvalue weighted by Crippen LogP contribution is -2.30. The number of nitrogens with zero attached hydrogens (tertiary/aromatic N) is 3. The van der Waals surface area contributed by atoms with Crippen molar-refractivity contribution in [2.45, 2.75) is 13.0 Å². The number of rotatable bonds is 2. The van der Waals surface area contributed by atoms with Crippen molar-refractivity contribution in [3.05, 3.63) is 33.1 Å². The number of nitrogen functional groups attached to an aromatic ring is 1. The third-order valence-corrected chi connectivity index (χ3v) is 4.25. The molecule has 1 aliphatic rings. The maximum atomic E-state index is 6.15. The Hall–Kier alpha value is -1.37. The van der Waals surface area contributed by atoms with E-state index < -0.39 is 0 Å². The fourth-order valence-electron chi connectivity index (χ4n) is 2.08. The number of anilines is 2. The molecule has 3 N–H and O–H groups in total. The van der Waals surface area contributed by atoms with Crippen molar-refractivity contribution in [1.82, 2.24) is 9.97 Å². The van der Waals surface area contributed by atoms with Gasteiger partial charge in [-0.2, -0.15) is 4.98 Å². The molecule has 0 spiro atoms. The first-order valence-electron chi connectivity index (χ1n) is 5.57. The Kier molecular flexibility index (Phi) is 3.07.